The van der Waals surface area contributed by atoms with E-state index in [1.54, 1.807) is 7.11 Å². The summed E-state index contributed by atoms with van der Waals surface area (Å²) in [6.07, 6.45) is -0.0398. The molecule has 2 aromatic rings. The number of thiazole rings is 1. The number of hydrogen-bond acceptors (Lipinski definition) is 4. The highest BCUT2D eigenvalue weighted by Crippen LogP contribution is 2.21. The van der Waals surface area contributed by atoms with Crippen LogP contribution in [0.15, 0.2) is 23.6 Å². The van der Waals surface area contributed by atoms with Gasteiger partial charge in [-0.3, -0.25) is 0 Å². The van der Waals surface area contributed by atoms with Gasteiger partial charge >= 0.3 is 0 Å². The third kappa shape index (κ3) is 3.48. The highest BCUT2D eigenvalue weighted by molar-refractivity contribution is 7.09. The van der Waals surface area contributed by atoms with Crippen LogP contribution in [0.5, 0.6) is 0 Å². The van der Waals surface area contributed by atoms with E-state index in [0.717, 1.165) is 22.8 Å². The number of nitrogens with zero attached hydrogens (tertiary/aromatic N) is 1. The summed E-state index contributed by atoms with van der Waals surface area (Å²) in [5, 5.41) is 5.80. The zero-order chi connectivity index (χ0) is 13.8. The Hall–Kier alpha value is -1.53. The standard InChI is InChI=1S/C13H14F2N2OS/c1-8(18-2)13-17-10(7-19-13)6-16-9-3-4-11(14)12(15)5-9/h3-5,7-8,16H,6H2,1-2H3. The maximum Gasteiger partial charge on any atom is 0.160 e. The third-order valence-corrected chi connectivity index (χ3v) is 3.72. The van der Waals surface area contributed by atoms with Crippen LogP contribution >= 0.6 is 11.3 Å². The summed E-state index contributed by atoms with van der Waals surface area (Å²) in [5.41, 5.74) is 1.36. The minimum absolute atomic E-state index is 0.0398. The highest BCUT2D eigenvalue weighted by Gasteiger charge is 2.09. The van der Waals surface area contributed by atoms with E-state index < -0.39 is 11.6 Å². The monoisotopic (exact) mass is 284 g/mol. The molecule has 0 aliphatic carbocycles. The number of anilines is 1. The van der Waals surface area contributed by atoms with Gasteiger partial charge in [-0.25, -0.2) is 13.8 Å². The molecule has 1 N–H and O–H groups in total. The van der Waals surface area contributed by atoms with Gasteiger partial charge in [-0.1, -0.05) is 0 Å². The first-order chi connectivity index (χ1) is 9.10. The summed E-state index contributed by atoms with van der Waals surface area (Å²) in [6.45, 7) is 2.38. The summed E-state index contributed by atoms with van der Waals surface area (Å²) >= 11 is 1.51. The molecule has 0 bridgehead atoms. The van der Waals surface area contributed by atoms with Crippen LogP contribution < -0.4 is 5.32 Å². The summed E-state index contributed by atoms with van der Waals surface area (Å²) in [4.78, 5) is 4.40. The molecule has 0 saturated carbocycles. The SMILES string of the molecule is COC(C)c1nc(CNc2ccc(F)c(F)c2)cs1. The Morgan fingerprint density at radius 1 is 1.37 bits per heavy atom. The minimum atomic E-state index is -0.864. The Bertz CT molecular complexity index is 559. The van der Waals surface area contributed by atoms with Crippen molar-refractivity contribution in [2.24, 2.45) is 0 Å². The number of hydrogen-bond donors (Lipinski definition) is 1. The molecule has 0 radical (unpaired) electrons. The molecule has 0 aliphatic rings. The van der Waals surface area contributed by atoms with Crippen molar-refractivity contribution in [2.45, 2.75) is 19.6 Å². The molecule has 0 fully saturated rings. The quantitative estimate of drug-likeness (QED) is 0.908. The molecule has 0 spiro atoms. The molecule has 102 valence electrons. The number of rotatable bonds is 5. The van der Waals surface area contributed by atoms with E-state index in [1.165, 1.54) is 17.4 Å². The summed E-state index contributed by atoms with van der Waals surface area (Å²) in [6, 6.07) is 3.71. The summed E-state index contributed by atoms with van der Waals surface area (Å²) < 4.78 is 31.0. The average molecular weight is 284 g/mol. The zero-order valence-electron chi connectivity index (χ0n) is 10.6. The molecule has 19 heavy (non-hydrogen) atoms. The van der Waals surface area contributed by atoms with Gasteiger partial charge in [0.25, 0.3) is 0 Å². The largest absolute Gasteiger partial charge is 0.379 e. The zero-order valence-corrected chi connectivity index (χ0v) is 11.4. The van der Waals surface area contributed by atoms with Crippen LogP contribution in [-0.2, 0) is 11.3 Å². The fourth-order valence-corrected chi connectivity index (χ4v) is 2.34. The highest BCUT2D eigenvalue weighted by atomic mass is 32.1. The predicted molar refractivity (Wildman–Crippen MR) is 71.2 cm³/mol. The van der Waals surface area contributed by atoms with E-state index in [4.69, 9.17) is 4.74 Å². The molecule has 0 amide bonds. The Morgan fingerprint density at radius 3 is 2.84 bits per heavy atom. The smallest absolute Gasteiger partial charge is 0.160 e. The van der Waals surface area contributed by atoms with Crippen molar-refractivity contribution >= 4 is 17.0 Å². The second-order valence-corrected chi connectivity index (χ2v) is 4.93. The lowest BCUT2D eigenvalue weighted by atomic mass is 10.3. The van der Waals surface area contributed by atoms with Crippen molar-refractivity contribution in [1.82, 2.24) is 4.98 Å². The lowest BCUT2D eigenvalue weighted by Gasteiger charge is -2.05. The first-order valence-corrected chi connectivity index (χ1v) is 6.64. The average Bonchev–Trinajstić information content (AvgIpc) is 2.88. The van der Waals surface area contributed by atoms with E-state index >= 15 is 0 Å². The lowest BCUT2D eigenvalue weighted by molar-refractivity contribution is 0.119. The topological polar surface area (TPSA) is 34.1 Å². The fraction of sp³-hybridized carbons (Fsp3) is 0.308. The number of nitrogens with one attached hydrogen (secondary N) is 1. The minimum Gasteiger partial charge on any atom is -0.379 e. The lowest BCUT2D eigenvalue weighted by Crippen LogP contribution is -2.02. The molecular weight excluding hydrogens is 270 g/mol. The summed E-state index contributed by atoms with van der Waals surface area (Å²) in [5.74, 6) is -1.72. The van der Waals surface area contributed by atoms with Crippen LogP contribution in [0.2, 0.25) is 0 Å². The number of benzene rings is 1. The normalized spacial score (nSPS) is 12.4. The van der Waals surface area contributed by atoms with Gasteiger partial charge in [0.15, 0.2) is 11.6 Å². The first kappa shape index (κ1) is 13.9. The van der Waals surface area contributed by atoms with Crippen molar-refractivity contribution in [3.05, 3.63) is 45.9 Å². The maximum absolute atomic E-state index is 13.0. The number of methoxy groups -OCH3 is 1. The van der Waals surface area contributed by atoms with Crippen LogP contribution in [-0.4, -0.2) is 12.1 Å². The van der Waals surface area contributed by atoms with E-state index in [1.807, 2.05) is 12.3 Å². The predicted octanol–water partition coefficient (Wildman–Crippen LogP) is 3.74. The molecule has 2 rings (SSSR count). The van der Waals surface area contributed by atoms with Gasteiger partial charge < -0.3 is 10.1 Å². The van der Waals surface area contributed by atoms with Gasteiger partial charge in [-0.15, -0.1) is 11.3 Å². The molecule has 6 heteroatoms. The molecule has 1 aromatic carbocycles. The third-order valence-electron chi connectivity index (χ3n) is 2.66. The molecule has 1 aromatic heterocycles. The number of ether oxygens (including phenoxy) is 1. The van der Waals surface area contributed by atoms with E-state index in [9.17, 15) is 8.78 Å². The van der Waals surface area contributed by atoms with Gasteiger partial charge in [0, 0.05) is 24.2 Å². The second kappa shape index (κ2) is 6.08. The number of halogens is 2. The Morgan fingerprint density at radius 2 is 2.16 bits per heavy atom. The molecule has 3 nitrogen and oxygen atoms in total. The summed E-state index contributed by atoms with van der Waals surface area (Å²) in [7, 11) is 1.63. The number of aromatic nitrogens is 1. The first-order valence-electron chi connectivity index (χ1n) is 5.76. The second-order valence-electron chi connectivity index (χ2n) is 4.04. The molecule has 0 aliphatic heterocycles. The van der Waals surface area contributed by atoms with Crippen LogP contribution in [0.4, 0.5) is 14.5 Å². The van der Waals surface area contributed by atoms with Gasteiger partial charge in [-0.2, -0.15) is 0 Å². The van der Waals surface area contributed by atoms with E-state index in [2.05, 4.69) is 10.3 Å². The molecular formula is C13H14F2N2OS. The fourth-order valence-electron chi connectivity index (χ4n) is 1.49. The van der Waals surface area contributed by atoms with Crippen molar-refractivity contribution in [1.29, 1.82) is 0 Å². The maximum atomic E-state index is 13.0. The molecule has 0 saturated heterocycles. The van der Waals surface area contributed by atoms with Gasteiger partial charge in [0.1, 0.15) is 11.1 Å². The Kier molecular flexibility index (Phi) is 4.44. The van der Waals surface area contributed by atoms with Gasteiger partial charge in [-0.05, 0) is 19.1 Å². The van der Waals surface area contributed by atoms with Crippen molar-refractivity contribution in [3.63, 3.8) is 0 Å². The van der Waals surface area contributed by atoms with Gasteiger partial charge in [0.2, 0.25) is 0 Å². The van der Waals surface area contributed by atoms with Crippen molar-refractivity contribution in [2.75, 3.05) is 12.4 Å². The Balaban J connectivity index is 1.98. The Labute approximate surface area is 114 Å². The van der Waals surface area contributed by atoms with Crippen molar-refractivity contribution < 1.29 is 13.5 Å². The van der Waals surface area contributed by atoms with E-state index in [-0.39, 0.29) is 6.10 Å². The molecule has 1 atom stereocenters. The van der Waals surface area contributed by atoms with Crippen LogP contribution in [0.3, 0.4) is 0 Å². The van der Waals surface area contributed by atoms with Crippen molar-refractivity contribution in [3.8, 4) is 0 Å². The van der Waals surface area contributed by atoms with Gasteiger partial charge in [0.05, 0.1) is 12.2 Å². The molecule has 1 unspecified atom stereocenters. The van der Waals surface area contributed by atoms with Crippen LogP contribution in [0.1, 0.15) is 23.7 Å². The van der Waals surface area contributed by atoms with Crippen LogP contribution in [0, 0.1) is 11.6 Å². The van der Waals surface area contributed by atoms with E-state index in [0.29, 0.717) is 12.2 Å². The van der Waals surface area contributed by atoms with Crippen LogP contribution in [0.25, 0.3) is 0 Å². The molecule has 1 heterocycles.